The number of benzene rings is 1. The third-order valence-corrected chi connectivity index (χ3v) is 3.68. The smallest absolute Gasteiger partial charge is 0.186 e. The van der Waals surface area contributed by atoms with Gasteiger partial charge in [-0.1, -0.05) is 32.9 Å². The third-order valence-electron chi connectivity index (χ3n) is 3.68. The topological polar surface area (TPSA) is 103 Å². The van der Waals surface area contributed by atoms with Crippen LogP contribution in [0.5, 0.6) is 5.75 Å². The van der Waals surface area contributed by atoms with Crippen LogP contribution in [0.25, 0.3) is 0 Å². The predicted octanol–water partition coefficient (Wildman–Crippen LogP) is 2.25. The Morgan fingerprint density at radius 3 is 2.15 bits per heavy atom. The van der Waals surface area contributed by atoms with Crippen molar-refractivity contribution < 1.29 is 9.53 Å². The first-order chi connectivity index (χ1) is 11.9. The van der Waals surface area contributed by atoms with E-state index in [2.05, 4.69) is 31.1 Å². The number of carbonyl (C=O) groups excluding carboxylic acids is 1. The van der Waals surface area contributed by atoms with Crippen molar-refractivity contribution in [1.82, 2.24) is 5.32 Å². The molecule has 0 amide bonds. The standard InChI is InChI=1S/C20H34N4O2/c1-19(2,3)17(25)16(24-20(4,5)6)13-14-7-9-15(10-8-14)26-12-11-23-18(21)22/h7-10,16,24H,11-13H2,1-6H3,(H4,21,22,23). The number of nitrogens with zero attached hydrogens (tertiary/aromatic N) is 1. The van der Waals surface area contributed by atoms with E-state index in [0.29, 0.717) is 19.6 Å². The van der Waals surface area contributed by atoms with Crippen molar-refractivity contribution >= 4 is 11.7 Å². The summed E-state index contributed by atoms with van der Waals surface area (Å²) in [5.41, 5.74) is 11.1. The highest BCUT2D eigenvalue weighted by atomic mass is 16.5. The summed E-state index contributed by atoms with van der Waals surface area (Å²) in [6.07, 6.45) is 0.641. The summed E-state index contributed by atoms with van der Waals surface area (Å²) in [5.74, 6) is 1.02. The lowest BCUT2D eigenvalue weighted by atomic mass is 9.83. The molecule has 0 fully saturated rings. The van der Waals surface area contributed by atoms with E-state index >= 15 is 0 Å². The van der Waals surface area contributed by atoms with Crippen LogP contribution in [0.3, 0.4) is 0 Å². The van der Waals surface area contributed by atoms with Gasteiger partial charge >= 0.3 is 0 Å². The van der Waals surface area contributed by atoms with Gasteiger partial charge in [0.25, 0.3) is 0 Å². The average molecular weight is 363 g/mol. The summed E-state index contributed by atoms with van der Waals surface area (Å²) >= 11 is 0. The fraction of sp³-hybridized carbons (Fsp3) is 0.600. The Kier molecular flexibility index (Phi) is 7.63. The zero-order valence-electron chi connectivity index (χ0n) is 16.9. The molecule has 0 aliphatic rings. The van der Waals surface area contributed by atoms with E-state index in [4.69, 9.17) is 16.2 Å². The second kappa shape index (κ2) is 9.03. The molecule has 146 valence electrons. The summed E-state index contributed by atoms with van der Waals surface area (Å²) in [7, 11) is 0. The van der Waals surface area contributed by atoms with Gasteiger partial charge in [-0.2, -0.15) is 0 Å². The van der Waals surface area contributed by atoms with Gasteiger partial charge in [0.2, 0.25) is 0 Å². The first kappa shape index (κ1) is 22.0. The number of nitrogens with two attached hydrogens (primary N) is 2. The largest absolute Gasteiger partial charge is 0.492 e. The van der Waals surface area contributed by atoms with E-state index in [-0.39, 0.29) is 23.3 Å². The summed E-state index contributed by atoms with van der Waals surface area (Å²) in [6.45, 7) is 12.9. The second-order valence-electron chi connectivity index (χ2n) is 8.56. The van der Waals surface area contributed by atoms with Crippen LogP contribution in [-0.2, 0) is 11.2 Å². The van der Waals surface area contributed by atoms with Crippen molar-refractivity contribution in [2.24, 2.45) is 21.9 Å². The number of nitrogens with one attached hydrogen (secondary N) is 1. The predicted molar refractivity (Wildman–Crippen MR) is 107 cm³/mol. The highest BCUT2D eigenvalue weighted by Crippen LogP contribution is 2.21. The van der Waals surface area contributed by atoms with Crippen LogP contribution >= 0.6 is 0 Å². The van der Waals surface area contributed by atoms with Gasteiger partial charge in [0.05, 0.1) is 12.6 Å². The molecule has 0 radical (unpaired) electrons. The maximum absolute atomic E-state index is 12.8. The molecule has 0 spiro atoms. The SMILES string of the molecule is CC(C)(C)NC(Cc1ccc(OCCN=C(N)N)cc1)C(=O)C(C)(C)C. The molecular weight excluding hydrogens is 328 g/mol. The number of ketones is 1. The number of guanidine groups is 1. The fourth-order valence-electron chi connectivity index (χ4n) is 2.55. The Balaban J connectivity index is 2.76. The lowest BCUT2D eigenvalue weighted by molar-refractivity contribution is -0.128. The van der Waals surface area contributed by atoms with E-state index in [0.717, 1.165) is 11.3 Å². The maximum atomic E-state index is 12.8. The van der Waals surface area contributed by atoms with E-state index in [1.807, 2.05) is 45.0 Å². The average Bonchev–Trinajstić information content (AvgIpc) is 2.49. The molecular formula is C20H34N4O2. The second-order valence-corrected chi connectivity index (χ2v) is 8.56. The molecule has 0 bridgehead atoms. The number of rotatable bonds is 8. The van der Waals surface area contributed by atoms with Gasteiger partial charge in [0.1, 0.15) is 12.4 Å². The molecule has 26 heavy (non-hydrogen) atoms. The summed E-state index contributed by atoms with van der Waals surface area (Å²) in [5, 5.41) is 3.46. The monoisotopic (exact) mass is 362 g/mol. The molecule has 0 heterocycles. The molecule has 6 heteroatoms. The van der Waals surface area contributed by atoms with E-state index in [1.54, 1.807) is 0 Å². The van der Waals surface area contributed by atoms with E-state index in [1.165, 1.54) is 0 Å². The van der Waals surface area contributed by atoms with Crippen molar-refractivity contribution in [3.05, 3.63) is 29.8 Å². The first-order valence-electron chi connectivity index (χ1n) is 8.97. The van der Waals surface area contributed by atoms with Crippen LogP contribution in [0.1, 0.15) is 47.1 Å². The van der Waals surface area contributed by atoms with E-state index < -0.39 is 5.41 Å². The van der Waals surface area contributed by atoms with Crippen LogP contribution in [0.4, 0.5) is 0 Å². The molecule has 0 aliphatic heterocycles. The van der Waals surface area contributed by atoms with Crippen molar-refractivity contribution in [2.45, 2.75) is 59.5 Å². The Morgan fingerprint density at radius 2 is 1.69 bits per heavy atom. The normalized spacial score (nSPS) is 13.2. The number of hydrogen-bond acceptors (Lipinski definition) is 4. The number of hydrogen-bond donors (Lipinski definition) is 3. The lowest BCUT2D eigenvalue weighted by Crippen LogP contribution is -2.51. The molecule has 1 unspecified atom stereocenters. The molecule has 0 aliphatic carbocycles. The minimum Gasteiger partial charge on any atom is -0.492 e. The van der Waals surface area contributed by atoms with Gasteiger partial charge in [0, 0.05) is 11.0 Å². The van der Waals surface area contributed by atoms with Crippen molar-refractivity contribution in [3.63, 3.8) is 0 Å². The highest BCUT2D eigenvalue weighted by molar-refractivity contribution is 5.89. The summed E-state index contributed by atoms with van der Waals surface area (Å²) < 4.78 is 5.60. The van der Waals surface area contributed by atoms with Gasteiger partial charge in [-0.3, -0.25) is 9.79 Å². The van der Waals surface area contributed by atoms with Crippen molar-refractivity contribution in [3.8, 4) is 5.75 Å². The molecule has 6 nitrogen and oxygen atoms in total. The molecule has 1 aromatic rings. The third kappa shape index (κ3) is 8.34. The Bertz CT molecular complexity index is 606. The van der Waals surface area contributed by atoms with Crippen LogP contribution in [0.15, 0.2) is 29.3 Å². The summed E-state index contributed by atoms with van der Waals surface area (Å²) in [4.78, 5) is 16.7. The van der Waals surface area contributed by atoms with Crippen LogP contribution in [-0.4, -0.2) is 36.5 Å². The zero-order valence-corrected chi connectivity index (χ0v) is 16.9. The number of ether oxygens (including phenoxy) is 1. The molecule has 0 saturated carbocycles. The maximum Gasteiger partial charge on any atom is 0.186 e. The van der Waals surface area contributed by atoms with Crippen LogP contribution in [0.2, 0.25) is 0 Å². The van der Waals surface area contributed by atoms with Crippen LogP contribution in [0, 0.1) is 5.41 Å². The zero-order chi connectivity index (χ0) is 20.0. The molecule has 1 aromatic carbocycles. The van der Waals surface area contributed by atoms with Crippen molar-refractivity contribution in [2.75, 3.05) is 13.2 Å². The number of carbonyl (C=O) groups is 1. The Morgan fingerprint density at radius 1 is 1.12 bits per heavy atom. The minimum atomic E-state index is -0.392. The summed E-state index contributed by atoms with van der Waals surface area (Å²) in [6, 6.07) is 7.55. The fourth-order valence-corrected chi connectivity index (χ4v) is 2.55. The van der Waals surface area contributed by atoms with Crippen molar-refractivity contribution in [1.29, 1.82) is 0 Å². The molecule has 5 N–H and O–H groups in total. The first-order valence-corrected chi connectivity index (χ1v) is 8.97. The van der Waals surface area contributed by atoms with Gasteiger partial charge in [-0.25, -0.2) is 0 Å². The van der Waals surface area contributed by atoms with Gasteiger partial charge < -0.3 is 21.5 Å². The van der Waals surface area contributed by atoms with Crippen LogP contribution < -0.4 is 21.5 Å². The molecule has 0 aromatic heterocycles. The highest BCUT2D eigenvalue weighted by Gasteiger charge is 2.31. The molecule has 1 atom stereocenters. The number of aliphatic imine (C=N–C) groups is 1. The molecule has 1 rings (SSSR count). The van der Waals surface area contributed by atoms with E-state index in [9.17, 15) is 4.79 Å². The molecule has 0 saturated heterocycles. The Hall–Kier alpha value is -2.08. The number of Topliss-reactive ketones (excluding diaryl/α,β-unsaturated/α-hetero) is 1. The van der Waals surface area contributed by atoms with Gasteiger partial charge in [-0.05, 0) is 44.9 Å². The quantitative estimate of drug-likeness (QED) is 0.374. The lowest BCUT2D eigenvalue weighted by Gasteiger charge is -2.32. The van der Waals surface area contributed by atoms with Gasteiger partial charge in [-0.15, -0.1) is 0 Å². The minimum absolute atomic E-state index is 0.0600. The van der Waals surface area contributed by atoms with Gasteiger partial charge in [0.15, 0.2) is 11.7 Å². The Labute approximate surface area is 157 Å².